The van der Waals surface area contributed by atoms with E-state index in [9.17, 15) is 14.4 Å². The molecule has 1 aliphatic carbocycles. The number of hydrogen-bond acceptors (Lipinski definition) is 5. The first-order chi connectivity index (χ1) is 10.1. The van der Waals surface area contributed by atoms with Gasteiger partial charge in [0.2, 0.25) is 0 Å². The van der Waals surface area contributed by atoms with Crippen LogP contribution in [0.25, 0.3) is 0 Å². The van der Waals surface area contributed by atoms with Gasteiger partial charge in [-0.1, -0.05) is 0 Å². The molecule has 0 atom stereocenters. The minimum Gasteiger partial charge on any atom is -0.496 e. The quantitative estimate of drug-likeness (QED) is 0.796. The molecule has 1 amide bonds. The summed E-state index contributed by atoms with van der Waals surface area (Å²) in [5, 5.41) is 2.56. The van der Waals surface area contributed by atoms with Gasteiger partial charge in [-0.3, -0.25) is 9.59 Å². The van der Waals surface area contributed by atoms with Gasteiger partial charge in [0.1, 0.15) is 11.3 Å². The van der Waals surface area contributed by atoms with Gasteiger partial charge < -0.3 is 14.8 Å². The minimum atomic E-state index is -0.587. The fourth-order valence-corrected chi connectivity index (χ4v) is 1.94. The lowest BCUT2D eigenvalue weighted by Crippen LogP contribution is -2.30. The molecule has 112 valence electrons. The van der Waals surface area contributed by atoms with Crippen LogP contribution in [0.2, 0.25) is 0 Å². The van der Waals surface area contributed by atoms with Gasteiger partial charge in [0.15, 0.2) is 5.78 Å². The summed E-state index contributed by atoms with van der Waals surface area (Å²) in [5.74, 6) is -0.517. The van der Waals surface area contributed by atoms with Gasteiger partial charge in [-0.05, 0) is 31.0 Å². The number of carbonyl (C=O) groups is 3. The van der Waals surface area contributed by atoms with Gasteiger partial charge in [-0.2, -0.15) is 0 Å². The normalized spacial score (nSPS) is 13.4. The van der Waals surface area contributed by atoms with Crippen LogP contribution in [0.5, 0.6) is 5.75 Å². The first-order valence-corrected chi connectivity index (χ1v) is 6.64. The second kappa shape index (κ2) is 6.39. The van der Waals surface area contributed by atoms with E-state index in [4.69, 9.17) is 4.74 Å². The van der Waals surface area contributed by atoms with Crippen LogP contribution in [-0.2, 0) is 9.53 Å². The topological polar surface area (TPSA) is 81.7 Å². The van der Waals surface area contributed by atoms with E-state index in [1.165, 1.54) is 32.4 Å². The van der Waals surface area contributed by atoms with Crippen molar-refractivity contribution in [3.63, 3.8) is 0 Å². The lowest BCUT2D eigenvalue weighted by molar-refractivity contribution is -0.119. The molecule has 1 aliphatic rings. The van der Waals surface area contributed by atoms with Crippen LogP contribution in [0.15, 0.2) is 18.2 Å². The molecule has 0 bridgehead atoms. The monoisotopic (exact) mass is 291 g/mol. The maximum absolute atomic E-state index is 12.0. The van der Waals surface area contributed by atoms with Crippen LogP contribution in [0, 0.1) is 5.92 Å². The maximum Gasteiger partial charge on any atom is 0.341 e. The van der Waals surface area contributed by atoms with Crippen molar-refractivity contribution in [3.8, 4) is 5.75 Å². The molecule has 1 N–H and O–H groups in total. The molecule has 0 unspecified atom stereocenters. The highest BCUT2D eigenvalue weighted by Gasteiger charge is 2.29. The Morgan fingerprint density at radius 3 is 2.52 bits per heavy atom. The predicted molar refractivity (Wildman–Crippen MR) is 74.4 cm³/mol. The van der Waals surface area contributed by atoms with Crippen molar-refractivity contribution in [2.45, 2.75) is 12.8 Å². The average molecular weight is 291 g/mol. The zero-order valence-corrected chi connectivity index (χ0v) is 12.0. The summed E-state index contributed by atoms with van der Waals surface area (Å²) in [6, 6.07) is 4.44. The van der Waals surface area contributed by atoms with Gasteiger partial charge in [0.05, 0.1) is 20.8 Å². The van der Waals surface area contributed by atoms with Gasteiger partial charge in [-0.25, -0.2) is 4.79 Å². The molecular weight excluding hydrogens is 274 g/mol. The largest absolute Gasteiger partial charge is 0.496 e. The number of carbonyl (C=O) groups excluding carboxylic acids is 3. The molecule has 6 heteroatoms. The third-order valence-electron chi connectivity index (χ3n) is 3.32. The number of benzene rings is 1. The summed E-state index contributed by atoms with van der Waals surface area (Å²) >= 11 is 0. The Hall–Kier alpha value is -2.37. The Labute approximate surface area is 122 Å². The Morgan fingerprint density at radius 2 is 1.95 bits per heavy atom. The number of hydrogen-bond donors (Lipinski definition) is 1. The molecule has 6 nitrogen and oxygen atoms in total. The van der Waals surface area contributed by atoms with Crippen LogP contribution in [0.4, 0.5) is 0 Å². The second-order valence-corrected chi connectivity index (χ2v) is 4.83. The number of nitrogens with one attached hydrogen (secondary N) is 1. The average Bonchev–Trinajstić information content (AvgIpc) is 3.35. The first kappa shape index (κ1) is 15.0. The number of methoxy groups -OCH3 is 2. The fourth-order valence-electron chi connectivity index (χ4n) is 1.94. The smallest absolute Gasteiger partial charge is 0.341 e. The van der Waals surface area contributed by atoms with Crippen LogP contribution >= 0.6 is 0 Å². The third kappa shape index (κ3) is 3.59. The zero-order valence-electron chi connectivity index (χ0n) is 12.0. The highest BCUT2D eigenvalue weighted by atomic mass is 16.5. The minimum absolute atomic E-state index is 0.0170. The van der Waals surface area contributed by atoms with Crippen LogP contribution in [0.3, 0.4) is 0 Å². The molecular formula is C15H17NO5. The van der Waals surface area contributed by atoms with Crippen molar-refractivity contribution < 1.29 is 23.9 Å². The molecule has 0 radical (unpaired) electrons. The van der Waals surface area contributed by atoms with E-state index in [1.807, 2.05) is 0 Å². The Kier molecular flexibility index (Phi) is 4.57. The SMILES string of the molecule is COC(=O)c1cc(C(=O)NCC(=O)C2CC2)ccc1OC. The van der Waals surface area contributed by atoms with Crippen molar-refractivity contribution >= 4 is 17.7 Å². The Morgan fingerprint density at radius 1 is 1.24 bits per heavy atom. The van der Waals surface area contributed by atoms with Crippen molar-refractivity contribution in [1.82, 2.24) is 5.32 Å². The summed E-state index contributed by atoms with van der Waals surface area (Å²) in [6.07, 6.45) is 1.81. The summed E-state index contributed by atoms with van der Waals surface area (Å²) in [5.41, 5.74) is 0.445. The van der Waals surface area contributed by atoms with E-state index in [1.54, 1.807) is 0 Å². The molecule has 2 rings (SSSR count). The van der Waals surface area contributed by atoms with E-state index < -0.39 is 11.9 Å². The number of esters is 1. The number of rotatable bonds is 6. The van der Waals surface area contributed by atoms with Crippen molar-refractivity contribution in [1.29, 1.82) is 0 Å². The molecule has 0 aliphatic heterocycles. The van der Waals surface area contributed by atoms with Crippen LogP contribution < -0.4 is 10.1 Å². The molecule has 0 saturated heterocycles. The molecule has 0 spiro atoms. The predicted octanol–water partition coefficient (Wildman–Crippen LogP) is 1.19. The van der Waals surface area contributed by atoms with E-state index in [-0.39, 0.29) is 29.4 Å². The van der Waals surface area contributed by atoms with Crippen LogP contribution in [0.1, 0.15) is 33.6 Å². The lowest BCUT2D eigenvalue weighted by Gasteiger charge is -2.09. The van der Waals surface area contributed by atoms with E-state index in [0.29, 0.717) is 5.75 Å². The second-order valence-electron chi connectivity index (χ2n) is 4.83. The molecule has 0 aromatic heterocycles. The molecule has 1 saturated carbocycles. The molecule has 1 aromatic carbocycles. The van der Waals surface area contributed by atoms with Gasteiger partial charge in [0, 0.05) is 11.5 Å². The fraction of sp³-hybridized carbons (Fsp3) is 0.400. The Bertz CT molecular complexity index is 577. The summed E-state index contributed by atoms with van der Waals surface area (Å²) in [7, 11) is 2.68. The first-order valence-electron chi connectivity index (χ1n) is 6.64. The van der Waals surface area contributed by atoms with Gasteiger partial charge in [0.25, 0.3) is 5.91 Å². The molecule has 1 fully saturated rings. The maximum atomic E-state index is 12.0. The number of ether oxygens (including phenoxy) is 2. The highest BCUT2D eigenvalue weighted by molar-refractivity contribution is 6.00. The van der Waals surface area contributed by atoms with Gasteiger partial charge in [-0.15, -0.1) is 0 Å². The number of Topliss-reactive ketones (excluding diaryl/α,β-unsaturated/α-hetero) is 1. The van der Waals surface area contributed by atoms with Crippen molar-refractivity contribution in [2.75, 3.05) is 20.8 Å². The molecule has 1 aromatic rings. The Balaban J connectivity index is 2.09. The van der Waals surface area contributed by atoms with E-state index in [2.05, 4.69) is 10.1 Å². The van der Waals surface area contributed by atoms with Gasteiger partial charge >= 0.3 is 5.97 Å². The zero-order chi connectivity index (χ0) is 15.4. The highest BCUT2D eigenvalue weighted by Crippen LogP contribution is 2.29. The van der Waals surface area contributed by atoms with Crippen molar-refractivity contribution in [3.05, 3.63) is 29.3 Å². The standard InChI is InChI=1S/C15H17NO5/c1-20-13-6-5-10(7-11(13)15(19)21-2)14(18)16-8-12(17)9-3-4-9/h5-7,9H,3-4,8H2,1-2H3,(H,16,18). The lowest BCUT2D eigenvalue weighted by atomic mass is 10.1. The summed E-state index contributed by atoms with van der Waals surface area (Å²) < 4.78 is 9.70. The van der Waals surface area contributed by atoms with Crippen LogP contribution in [-0.4, -0.2) is 38.4 Å². The number of ketones is 1. The third-order valence-corrected chi connectivity index (χ3v) is 3.32. The van der Waals surface area contributed by atoms with E-state index in [0.717, 1.165) is 12.8 Å². The molecule has 21 heavy (non-hydrogen) atoms. The molecule has 0 heterocycles. The van der Waals surface area contributed by atoms with Crippen molar-refractivity contribution in [2.24, 2.45) is 5.92 Å². The summed E-state index contributed by atoms with van der Waals surface area (Å²) in [4.78, 5) is 35.2. The summed E-state index contributed by atoms with van der Waals surface area (Å²) in [6.45, 7) is 0.0170. The number of amides is 1. The van der Waals surface area contributed by atoms with E-state index >= 15 is 0 Å².